The van der Waals surface area contributed by atoms with Gasteiger partial charge in [0.15, 0.2) is 0 Å². The summed E-state index contributed by atoms with van der Waals surface area (Å²) in [4.78, 5) is 16.9. The SMILES string of the molecule is CC(CSc1ccc(N)nc1)C(=O)OCc1ccccc1. The van der Waals surface area contributed by atoms with E-state index >= 15 is 0 Å². The van der Waals surface area contributed by atoms with Gasteiger partial charge in [0.25, 0.3) is 0 Å². The molecule has 0 spiro atoms. The van der Waals surface area contributed by atoms with E-state index in [1.807, 2.05) is 43.3 Å². The molecule has 0 aliphatic rings. The van der Waals surface area contributed by atoms with Crippen molar-refractivity contribution in [3.05, 3.63) is 54.2 Å². The summed E-state index contributed by atoms with van der Waals surface area (Å²) in [5.41, 5.74) is 6.53. The lowest BCUT2D eigenvalue weighted by molar-refractivity contribution is -0.148. The van der Waals surface area contributed by atoms with Crippen LogP contribution in [0.1, 0.15) is 12.5 Å². The fourth-order valence-corrected chi connectivity index (χ4v) is 2.51. The number of pyridine rings is 1. The van der Waals surface area contributed by atoms with E-state index in [1.54, 1.807) is 24.0 Å². The van der Waals surface area contributed by atoms with Crippen LogP contribution in [0.4, 0.5) is 5.82 Å². The summed E-state index contributed by atoms with van der Waals surface area (Å²) in [6.45, 7) is 2.18. The van der Waals surface area contributed by atoms with E-state index in [0.29, 0.717) is 18.2 Å². The smallest absolute Gasteiger partial charge is 0.309 e. The van der Waals surface area contributed by atoms with E-state index in [0.717, 1.165) is 10.5 Å². The molecule has 110 valence electrons. The number of thioether (sulfide) groups is 1. The molecule has 4 nitrogen and oxygen atoms in total. The van der Waals surface area contributed by atoms with E-state index in [2.05, 4.69) is 4.98 Å². The quantitative estimate of drug-likeness (QED) is 0.656. The Morgan fingerprint density at radius 2 is 2.05 bits per heavy atom. The number of carbonyl (C=O) groups is 1. The maximum Gasteiger partial charge on any atom is 0.309 e. The summed E-state index contributed by atoms with van der Waals surface area (Å²) >= 11 is 1.57. The van der Waals surface area contributed by atoms with Crippen molar-refractivity contribution in [3.8, 4) is 0 Å². The van der Waals surface area contributed by atoms with E-state index in [-0.39, 0.29) is 11.9 Å². The summed E-state index contributed by atoms with van der Waals surface area (Å²) in [6, 6.07) is 13.3. The zero-order valence-corrected chi connectivity index (χ0v) is 12.7. The van der Waals surface area contributed by atoms with Crippen LogP contribution in [-0.2, 0) is 16.1 Å². The molecule has 5 heteroatoms. The third-order valence-corrected chi connectivity index (χ3v) is 4.13. The van der Waals surface area contributed by atoms with Crippen molar-refractivity contribution >= 4 is 23.5 Å². The number of hydrogen-bond acceptors (Lipinski definition) is 5. The fourth-order valence-electron chi connectivity index (χ4n) is 1.64. The van der Waals surface area contributed by atoms with Gasteiger partial charge in [-0.05, 0) is 17.7 Å². The molecule has 2 aromatic rings. The zero-order chi connectivity index (χ0) is 15.1. The predicted octanol–water partition coefficient (Wildman–Crippen LogP) is 3.14. The number of esters is 1. The molecular weight excluding hydrogens is 284 g/mol. The standard InChI is InChI=1S/C16H18N2O2S/c1-12(11-21-14-7-8-15(17)18-9-14)16(19)20-10-13-5-3-2-4-6-13/h2-9,12H,10-11H2,1H3,(H2,17,18). The summed E-state index contributed by atoms with van der Waals surface area (Å²) in [5, 5.41) is 0. The van der Waals surface area contributed by atoms with E-state index in [9.17, 15) is 4.79 Å². The third-order valence-electron chi connectivity index (χ3n) is 2.89. The molecule has 0 bridgehead atoms. The van der Waals surface area contributed by atoms with Gasteiger partial charge in [-0.1, -0.05) is 37.3 Å². The Hall–Kier alpha value is -2.01. The normalized spacial score (nSPS) is 11.9. The highest BCUT2D eigenvalue weighted by molar-refractivity contribution is 7.99. The van der Waals surface area contributed by atoms with Crippen molar-refractivity contribution in [2.24, 2.45) is 5.92 Å². The monoisotopic (exact) mass is 302 g/mol. The highest BCUT2D eigenvalue weighted by atomic mass is 32.2. The Balaban J connectivity index is 1.76. The fraction of sp³-hybridized carbons (Fsp3) is 0.250. The molecule has 1 aromatic heterocycles. The lowest BCUT2D eigenvalue weighted by Gasteiger charge is -2.11. The molecule has 0 fully saturated rings. The van der Waals surface area contributed by atoms with Crippen molar-refractivity contribution in [2.45, 2.75) is 18.4 Å². The van der Waals surface area contributed by atoms with Crippen molar-refractivity contribution in [3.63, 3.8) is 0 Å². The van der Waals surface area contributed by atoms with Gasteiger partial charge in [0.05, 0.1) is 5.92 Å². The van der Waals surface area contributed by atoms with Crippen LogP contribution in [0.3, 0.4) is 0 Å². The number of nitrogens with two attached hydrogens (primary N) is 1. The van der Waals surface area contributed by atoms with Crippen LogP contribution in [0.5, 0.6) is 0 Å². The molecule has 0 amide bonds. The number of carbonyl (C=O) groups excluding carboxylic acids is 1. The van der Waals surface area contributed by atoms with Gasteiger partial charge in [0.1, 0.15) is 12.4 Å². The maximum atomic E-state index is 11.9. The summed E-state index contributed by atoms with van der Waals surface area (Å²) in [5.74, 6) is 0.792. The van der Waals surface area contributed by atoms with Crippen molar-refractivity contribution in [1.82, 2.24) is 4.98 Å². The highest BCUT2D eigenvalue weighted by Crippen LogP contribution is 2.21. The number of anilines is 1. The second kappa shape index (κ2) is 7.69. The summed E-state index contributed by atoms with van der Waals surface area (Å²) in [6.07, 6.45) is 1.71. The number of hydrogen-bond donors (Lipinski definition) is 1. The molecule has 0 radical (unpaired) electrons. The second-order valence-corrected chi connectivity index (χ2v) is 5.82. The van der Waals surface area contributed by atoms with Gasteiger partial charge in [-0.2, -0.15) is 0 Å². The van der Waals surface area contributed by atoms with Gasteiger partial charge in [0, 0.05) is 16.8 Å². The Morgan fingerprint density at radius 1 is 1.29 bits per heavy atom. The molecular formula is C16H18N2O2S. The van der Waals surface area contributed by atoms with Crippen LogP contribution in [0.15, 0.2) is 53.6 Å². The molecule has 1 unspecified atom stereocenters. The first kappa shape index (κ1) is 15.4. The Kier molecular flexibility index (Phi) is 5.63. The van der Waals surface area contributed by atoms with Gasteiger partial charge in [-0.25, -0.2) is 4.98 Å². The number of nitrogens with zero attached hydrogens (tertiary/aromatic N) is 1. The molecule has 2 N–H and O–H groups in total. The van der Waals surface area contributed by atoms with E-state index in [4.69, 9.17) is 10.5 Å². The van der Waals surface area contributed by atoms with Crippen LogP contribution < -0.4 is 5.73 Å². The minimum absolute atomic E-state index is 0.170. The molecule has 21 heavy (non-hydrogen) atoms. The molecule has 0 saturated carbocycles. The number of rotatable bonds is 6. The first-order valence-corrected chi connectivity index (χ1v) is 7.68. The first-order chi connectivity index (χ1) is 10.1. The summed E-state index contributed by atoms with van der Waals surface area (Å²) < 4.78 is 5.31. The lowest BCUT2D eigenvalue weighted by Crippen LogP contribution is -2.16. The van der Waals surface area contributed by atoms with Gasteiger partial charge in [-0.3, -0.25) is 4.79 Å². The number of aromatic nitrogens is 1. The average Bonchev–Trinajstić information content (AvgIpc) is 2.52. The minimum atomic E-state index is -0.185. The van der Waals surface area contributed by atoms with Crippen LogP contribution in [0.2, 0.25) is 0 Å². The van der Waals surface area contributed by atoms with Gasteiger partial charge in [0.2, 0.25) is 0 Å². The van der Waals surface area contributed by atoms with Gasteiger partial charge < -0.3 is 10.5 Å². The first-order valence-electron chi connectivity index (χ1n) is 6.70. The molecule has 2 rings (SSSR count). The van der Waals surface area contributed by atoms with Crippen molar-refractivity contribution in [2.75, 3.05) is 11.5 Å². The van der Waals surface area contributed by atoms with Gasteiger partial charge >= 0.3 is 5.97 Å². The second-order valence-electron chi connectivity index (χ2n) is 4.72. The number of ether oxygens (including phenoxy) is 1. The third kappa shape index (κ3) is 5.11. The molecule has 0 aliphatic carbocycles. The summed E-state index contributed by atoms with van der Waals surface area (Å²) in [7, 11) is 0. The Labute approximate surface area is 128 Å². The van der Waals surface area contributed by atoms with Gasteiger partial charge in [-0.15, -0.1) is 11.8 Å². The van der Waals surface area contributed by atoms with E-state index < -0.39 is 0 Å². The molecule has 1 heterocycles. The molecule has 0 saturated heterocycles. The van der Waals surface area contributed by atoms with E-state index in [1.165, 1.54) is 0 Å². The lowest BCUT2D eigenvalue weighted by atomic mass is 10.2. The zero-order valence-electron chi connectivity index (χ0n) is 11.9. The van der Waals surface area contributed by atoms with Crippen molar-refractivity contribution in [1.29, 1.82) is 0 Å². The van der Waals surface area contributed by atoms with Crippen LogP contribution in [-0.4, -0.2) is 16.7 Å². The molecule has 1 aromatic carbocycles. The minimum Gasteiger partial charge on any atom is -0.461 e. The molecule has 1 atom stereocenters. The number of nitrogen functional groups attached to an aromatic ring is 1. The number of benzene rings is 1. The topological polar surface area (TPSA) is 65.2 Å². The Bertz CT molecular complexity index is 573. The van der Waals surface area contributed by atoms with Crippen LogP contribution in [0, 0.1) is 5.92 Å². The highest BCUT2D eigenvalue weighted by Gasteiger charge is 2.15. The van der Waals surface area contributed by atoms with Crippen molar-refractivity contribution < 1.29 is 9.53 Å². The van der Waals surface area contributed by atoms with Crippen LogP contribution in [0.25, 0.3) is 0 Å². The largest absolute Gasteiger partial charge is 0.461 e. The maximum absolute atomic E-state index is 11.9. The predicted molar refractivity (Wildman–Crippen MR) is 84.8 cm³/mol. The van der Waals surface area contributed by atoms with Crippen LogP contribution >= 0.6 is 11.8 Å². The Morgan fingerprint density at radius 3 is 2.71 bits per heavy atom. The average molecular weight is 302 g/mol. The molecule has 0 aliphatic heterocycles.